The van der Waals surface area contributed by atoms with Crippen molar-refractivity contribution in [1.29, 1.82) is 0 Å². The van der Waals surface area contributed by atoms with Crippen LogP contribution in [0.3, 0.4) is 0 Å². The zero-order chi connectivity index (χ0) is 22.1. The number of carbonyl (C=O) groups is 2. The van der Waals surface area contributed by atoms with E-state index in [-0.39, 0.29) is 23.9 Å². The van der Waals surface area contributed by atoms with Crippen molar-refractivity contribution in [2.24, 2.45) is 0 Å². The molecular formula is C25H17ClN2O3S. The zero-order valence-electron chi connectivity index (χ0n) is 16.8. The Labute approximate surface area is 193 Å². The van der Waals surface area contributed by atoms with Gasteiger partial charge in [-0.25, -0.2) is 4.98 Å². The molecule has 0 spiro atoms. The van der Waals surface area contributed by atoms with Crippen LogP contribution in [0, 0.1) is 0 Å². The van der Waals surface area contributed by atoms with Gasteiger partial charge in [-0.05, 0) is 17.7 Å². The minimum Gasteiger partial charge on any atom is -0.431 e. The second-order valence-electron chi connectivity index (χ2n) is 7.32. The molecule has 5 rings (SSSR count). The highest BCUT2D eigenvalue weighted by atomic mass is 35.5. The number of benzene rings is 3. The Hall–Kier alpha value is -3.35. The van der Waals surface area contributed by atoms with Gasteiger partial charge in [0.05, 0.1) is 17.2 Å². The first-order chi connectivity index (χ1) is 15.6. The third-order valence-corrected chi connectivity index (χ3v) is 6.28. The summed E-state index contributed by atoms with van der Waals surface area (Å²) in [6.45, 7) is 0. The van der Waals surface area contributed by atoms with Crippen LogP contribution in [0.2, 0.25) is 5.02 Å². The summed E-state index contributed by atoms with van der Waals surface area (Å²) in [7, 11) is 0. The fourth-order valence-corrected chi connectivity index (χ4v) is 4.58. The molecular weight excluding hydrogens is 444 g/mol. The SMILES string of the molecule is O=C1Cc2cc(C(=O)CSc3nc(-c4ccccc4)c(-c4ccccc4)o3)c(Cl)cc2N1. The van der Waals surface area contributed by atoms with Gasteiger partial charge in [0.2, 0.25) is 5.91 Å². The van der Waals surface area contributed by atoms with Gasteiger partial charge >= 0.3 is 0 Å². The van der Waals surface area contributed by atoms with Gasteiger partial charge in [0, 0.05) is 22.4 Å². The lowest BCUT2D eigenvalue weighted by Gasteiger charge is -2.06. The van der Waals surface area contributed by atoms with Gasteiger partial charge in [-0.3, -0.25) is 9.59 Å². The lowest BCUT2D eigenvalue weighted by Crippen LogP contribution is -2.04. The molecule has 0 saturated heterocycles. The van der Waals surface area contributed by atoms with E-state index in [1.54, 1.807) is 12.1 Å². The Bertz CT molecular complexity index is 1260. The number of hydrogen-bond acceptors (Lipinski definition) is 5. The Morgan fingerprint density at radius 2 is 1.72 bits per heavy atom. The molecule has 1 aromatic heterocycles. The smallest absolute Gasteiger partial charge is 0.257 e. The van der Waals surface area contributed by atoms with E-state index in [1.807, 2.05) is 60.7 Å². The van der Waals surface area contributed by atoms with Crippen molar-refractivity contribution in [3.63, 3.8) is 0 Å². The van der Waals surface area contributed by atoms with E-state index >= 15 is 0 Å². The van der Waals surface area contributed by atoms with Crippen molar-refractivity contribution in [3.8, 4) is 22.6 Å². The Morgan fingerprint density at radius 3 is 2.44 bits per heavy atom. The predicted octanol–water partition coefficient (Wildman–Crippen LogP) is 6.13. The minimum absolute atomic E-state index is 0.100. The van der Waals surface area contributed by atoms with Gasteiger partial charge in [-0.1, -0.05) is 84.0 Å². The molecule has 5 nitrogen and oxygen atoms in total. The average Bonchev–Trinajstić information content (AvgIpc) is 3.40. The molecule has 4 aromatic rings. The Balaban J connectivity index is 1.41. The number of Topliss-reactive ketones (excluding diaryl/α,β-unsaturated/α-hetero) is 1. The highest BCUT2D eigenvalue weighted by Gasteiger charge is 2.23. The number of ketones is 1. The van der Waals surface area contributed by atoms with Crippen LogP contribution in [0.4, 0.5) is 5.69 Å². The number of rotatable bonds is 6. The molecule has 0 unspecified atom stereocenters. The van der Waals surface area contributed by atoms with Crippen LogP contribution in [-0.2, 0) is 11.2 Å². The largest absolute Gasteiger partial charge is 0.431 e. The van der Waals surface area contributed by atoms with Gasteiger partial charge in [0.1, 0.15) is 5.69 Å². The predicted molar refractivity (Wildman–Crippen MR) is 126 cm³/mol. The van der Waals surface area contributed by atoms with Gasteiger partial charge in [-0.2, -0.15) is 0 Å². The molecule has 2 heterocycles. The van der Waals surface area contributed by atoms with Crippen molar-refractivity contribution in [2.75, 3.05) is 11.1 Å². The topological polar surface area (TPSA) is 72.2 Å². The highest BCUT2D eigenvalue weighted by molar-refractivity contribution is 7.99. The molecule has 0 atom stereocenters. The van der Waals surface area contributed by atoms with Crippen LogP contribution in [0.1, 0.15) is 15.9 Å². The number of amides is 1. The normalized spacial score (nSPS) is 12.5. The lowest BCUT2D eigenvalue weighted by molar-refractivity contribution is -0.115. The van der Waals surface area contributed by atoms with Gasteiger partial charge < -0.3 is 9.73 Å². The molecule has 1 N–H and O–H groups in total. The van der Waals surface area contributed by atoms with Crippen LogP contribution in [0.25, 0.3) is 22.6 Å². The van der Waals surface area contributed by atoms with E-state index in [1.165, 1.54) is 11.8 Å². The molecule has 7 heteroatoms. The third-order valence-electron chi connectivity index (χ3n) is 5.14. The number of nitrogens with one attached hydrogen (secondary N) is 1. The first-order valence-corrected chi connectivity index (χ1v) is 11.3. The monoisotopic (exact) mass is 460 g/mol. The average molecular weight is 461 g/mol. The summed E-state index contributed by atoms with van der Waals surface area (Å²) in [6, 6.07) is 22.9. The minimum atomic E-state index is -0.150. The van der Waals surface area contributed by atoms with Crippen LogP contribution >= 0.6 is 23.4 Å². The second kappa shape index (κ2) is 8.65. The maximum atomic E-state index is 12.9. The lowest BCUT2D eigenvalue weighted by atomic mass is 10.1. The van der Waals surface area contributed by atoms with Crippen LogP contribution in [-0.4, -0.2) is 22.4 Å². The summed E-state index contributed by atoms with van der Waals surface area (Å²) in [5.41, 5.74) is 4.42. The molecule has 158 valence electrons. The Kier molecular flexibility index (Phi) is 5.55. The number of aromatic nitrogens is 1. The fraction of sp³-hybridized carbons (Fsp3) is 0.0800. The number of oxazole rings is 1. The maximum Gasteiger partial charge on any atom is 0.257 e. The highest BCUT2D eigenvalue weighted by Crippen LogP contribution is 2.36. The first-order valence-electron chi connectivity index (χ1n) is 9.98. The molecule has 1 aliphatic heterocycles. The van der Waals surface area contributed by atoms with Crippen molar-refractivity contribution in [3.05, 3.63) is 88.9 Å². The number of thioether (sulfide) groups is 1. The van der Waals surface area contributed by atoms with Crippen molar-refractivity contribution >= 4 is 40.7 Å². The molecule has 0 fully saturated rings. The molecule has 0 bridgehead atoms. The van der Waals surface area contributed by atoms with E-state index < -0.39 is 0 Å². The molecule has 3 aromatic carbocycles. The van der Waals surface area contributed by atoms with E-state index in [0.29, 0.717) is 27.3 Å². The number of carbonyl (C=O) groups excluding carboxylic acids is 2. The maximum absolute atomic E-state index is 12.9. The summed E-state index contributed by atoms with van der Waals surface area (Å²) in [5.74, 6) is 0.523. The van der Waals surface area contributed by atoms with E-state index in [9.17, 15) is 9.59 Å². The first kappa shape index (κ1) is 20.5. The summed E-state index contributed by atoms with van der Waals surface area (Å²) in [6.07, 6.45) is 0.251. The molecule has 1 aliphatic rings. The van der Waals surface area contributed by atoms with E-state index in [4.69, 9.17) is 16.0 Å². The second-order valence-corrected chi connectivity index (χ2v) is 8.65. The third kappa shape index (κ3) is 4.07. The molecule has 32 heavy (non-hydrogen) atoms. The number of fused-ring (bicyclic) bond motifs is 1. The van der Waals surface area contributed by atoms with Crippen LogP contribution in [0.15, 0.2) is 82.4 Å². The van der Waals surface area contributed by atoms with E-state index in [0.717, 1.165) is 22.4 Å². The molecule has 1 amide bonds. The van der Waals surface area contributed by atoms with Gasteiger partial charge in [0.25, 0.3) is 5.22 Å². The molecule has 0 aliphatic carbocycles. The molecule has 0 saturated carbocycles. The summed E-state index contributed by atoms with van der Waals surface area (Å²) >= 11 is 7.52. The van der Waals surface area contributed by atoms with Gasteiger partial charge in [-0.15, -0.1) is 0 Å². The number of nitrogens with zero attached hydrogens (tertiary/aromatic N) is 1. The van der Waals surface area contributed by atoms with Gasteiger partial charge in [0.15, 0.2) is 11.5 Å². The quantitative estimate of drug-likeness (QED) is 0.276. The number of hydrogen-bond donors (Lipinski definition) is 1. The summed E-state index contributed by atoms with van der Waals surface area (Å²) in [5, 5.41) is 3.46. The number of halogens is 1. The standard InChI is InChI=1S/C25H17ClN2O3S/c26-19-13-20-17(12-22(30)27-20)11-18(19)21(29)14-32-25-28-23(15-7-3-1-4-8-15)24(31-25)16-9-5-2-6-10-16/h1-11,13H,12,14H2,(H,27,30). The van der Waals surface area contributed by atoms with Crippen LogP contribution in [0.5, 0.6) is 0 Å². The zero-order valence-corrected chi connectivity index (χ0v) is 18.4. The summed E-state index contributed by atoms with van der Waals surface area (Å²) in [4.78, 5) is 29.1. The molecule has 0 radical (unpaired) electrons. The summed E-state index contributed by atoms with van der Waals surface area (Å²) < 4.78 is 6.07. The van der Waals surface area contributed by atoms with Crippen molar-refractivity contribution in [1.82, 2.24) is 4.98 Å². The Morgan fingerprint density at radius 1 is 1.03 bits per heavy atom. The van der Waals surface area contributed by atoms with Crippen LogP contribution < -0.4 is 5.32 Å². The number of anilines is 1. The van der Waals surface area contributed by atoms with Crippen molar-refractivity contribution in [2.45, 2.75) is 11.6 Å². The fourth-order valence-electron chi connectivity index (χ4n) is 3.61. The van der Waals surface area contributed by atoms with E-state index in [2.05, 4.69) is 10.3 Å². The van der Waals surface area contributed by atoms with Crippen molar-refractivity contribution < 1.29 is 14.0 Å².